The maximum atomic E-state index is 11.6. The van der Waals surface area contributed by atoms with E-state index in [0.29, 0.717) is 15.0 Å². The van der Waals surface area contributed by atoms with E-state index >= 15 is 0 Å². The number of carbonyl (C=O) groups is 1. The largest absolute Gasteiger partial charge is 0.457 e. The molecule has 1 N–H and O–H groups in total. The van der Waals surface area contributed by atoms with Crippen molar-refractivity contribution in [2.75, 3.05) is 0 Å². The van der Waals surface area contributed by atoms with Crippen LogP contribution in [0.2, 0.25) is 0 Å². The summed E-state index contributed by atoms with van der Waals surface area (Å²) in [7, 11) is 0. The number of hydrogen-bond acceptors (Lipinski definition) is 4. The van der Waals surface area contributed by atoms with Gasteiger partial charge in [0.05, 0.1) is 4.91 Å². The molecule has 1 amide bonds. The molecule has 0 atom stereocenters. The van der Waals surface area contributed by atoms with E-state index in [1.807, 2.05) is 36.4 Å². The van der Waals surface area contributed by atoms with E-state index in [1.54, 1.807) is 6.08 Å². The van der Waals surface area contributed by atoms with Crippen LogP contribution in [0.1, 0.15) is 5.76 Å². The number of halogens is 1. The van der Waals surface area contributed by atoms with E-state index in [1.165, 1.54) is 11.8 Å². The molecule has 2 heterocycles. The number of nitrogens with one attached hydrogen (secondary N) is 1. The molecule has 0 radical (unpaired) electrons. The second-order valence-electron chi connectivity index (χ2n) is 4.03. The lowest BCUT2D eigenvalue weighted by Crippen LogP contribution is -2.17. The van der Waals surface area contributed by atoms with Gasteiger partial charge in [-0.25, -0.2) is 0 Å². The Bertz CT molecular complexity index is 736. The maximum Gasteiger partial charge on any atom is 0.263 e. The zero-order chi connectivity index (χ0) is 14.1. The summed E-state index contributed by atoms with van der Waals surface area (Å²) in [6.07, 6.45) is 1.69. The van der Waals surface area contributed by atoms with Crippen molar-refractivity contribution in [1.82, 2.24) is 5.32 Å². The normalized spacial score (nSPS) is 16.8. The van der Waals surface area contributed by atoms with E-state index in [4.69, 9.17) is 16.6 Å². The number of thioether (sulfide) groups is 1. The summed E-state index contributed by atoms with van der Waals surface area (Å²) in [6.45, 7) is 0. The van der Waals surface area contributed by atoms with Crippen molar-refractivity contribution in [3.63, 3.8) is 0 Å². The Morgan fingerprint density at radius 1 is 1.25 bits per heavy atom. The Morgan fingerprint density at radius 3 is 2.75 bits per heavy atom. The van der Waals surface area contributed by atoms with Crippen molar-refractivity contribution in [1.29, 1.82) is 0 Å². The Balaban J connectivity index is 1.92. The highest BCUT2D eigenvalue weighted by atomic mass is 79.9. The average molecular weight is 366 g/mol. The Morgan fingerprint density at radius 2 is 2.05 bits per heavy atom. The minimum Gasteiger partial charge on any atom is -0.457 e. The quantitative estimate of drug-likeness (QED) is 0.639. The van der Waals surface area contributed by atoms with Gasteiger partial charge in [-0.15, -0.1) is 0 Å². The number of thiocarbonyl (C=S) groups is 1. The van der Waals surface area contributed by atoms with Crippen LogP contribution in [0, 0.1) is 0 Å². The number of carbonyl (C=O) groups excluding carboxylic acids is 1. The lowest BCUT2D eigenvalue weighted by molar-refractivity contribution is -0.115. The van der Waals surface area contributed by atoms with Crippen molar-refractivity contribution < 1.29 is 9.21 Å². The summed E-state index contributed by atoms with van der Waals surface area (Å²) >= 11 is 9.67. The molecule has 0 saturated carbocycles. The van der Waals surface area contributed by atoms with Gasteiger partial charge >= 0.3 is 0 Å². The third-order valence-electron chi connectivity index (χ3n) is 2.68. The van der Waals surface area contributed by atoms with Crippen LogP contribution in [0.5, 0.6) is 0 Å². The van der Waals surface area contributed by atoms with Crippen molar-refractivity contribution in [3.05, 3.63) is 51.5 Å². The highest BCUT2D eigenvalue weighted by Crippen LogP contribution is 2.31. The molecule has 0 spiro atoms. The van der Waals surface area contributed by atoms with Gasteiger partial charge in [-0.05, 0) is 18.2 Å². The van der Waals surface area contributed by atoms with Gasteiger partial charge in [0.1, 0.15) is 15.8 Å². The molecule has 100 valence electrons. The highest BCUT2D eigenvalue weighted by Gasteiger charge is 2.22. The Labute approximate surface area is 133 Å². The molecule has 1 saturated heterocycles. The van der Waals surface area contributed by atoms with Crippen LogP contribution in [0.3, 0.4) is 0 Å². The molecule has 1 aliphatic rings. The van der Waals surface area contributed by atoms with E-state index in [2.05, 4.69) is 21.2 Å². The molecule has 2 aromatic rings. The Kier molecular flexibility index (Phi) is 3.78. The van der Waals surface area contributed by atoms with E-state index in [0.717, 1.165) is 15.8 Å². The first-order valence-electron chi connectivity index (χ1n) is 5.73. The van der Waals surface area contributed by atoms with Gasteiger partial charge in [0.25, 0.3) is 5.91 Å². The number of furan rings is 1. The summed E-state index contributed by atoms with van der Waals surface area (Å²) in [6, 6.07) is 11.5. The summed E-state index contributed by atoms with van der Waals surface area (Å²) in [5, 5.41) is 2.57. The van der Waals surface area contributed by atoms with Gasteiger partial charge in [0.2, 0.25) is 0 Å². The van der Waals surface area contributed by atoms with Crippen LogP contribution < -0.4 is 5.32 Å². The molecule has 1 aromatic carbocycles. The summed E-state index contributed by atoms with van der Waals surface area (Å²) in [5.41, 5.74) is 0.969. The molecule has 20 heavy (non-hydrogen) atoms. The number of rotatable bonds is 2. The molecular weight excluding hydrogens is 358 g/mol. The number of hydrogen-bond donors (Lipinski definition) is 1. The third-order valence-corrected chi connectivity index (χ3v) is 4.54. The van der Waals surface area contributed by atoms with Crippen molar-refractivity contribution in [2.24, 2.45) is 0 Å². The van der Waals surface area contributed by atoms with Crippen molar-refractivity contribution in [2.45, 2.75) is 0 Å². The van der Waals surface area contributed by atoms with Crippen LogP contribution in [-0.4, -0.2) is 10.2 Å². The molecule has 6 heteroatoms. The van der Waals surface area contributed by atoms with E-state index in [-0.39, 0.29) is 5.91 Å². The zero-order valence-electron chi connectivity index (χ0n) is 10.1. The first-order chi connectivity index (χ1) is 9.63. The molecule has 0 bridgehead atoms. The number of benzene rings is 1. The predicted octanol–water partition coefficient (Wildman–Crippen LogP) is 4.20. The number of amides is 1. The van der Waals surface area contributed by atoms with Crippen LogP contribution in [0.15, 0.2) is 50.2 Å². The third kappa shape index (κ3) is 2.72. The van der Waals surface area contributed by atoms with Crippen molar-refractivity contribution in [3.8, 4) is 11.3 Å². The molecule has 0 unspecified atom stereocenters. The SMILES string of the molecule is O=C1NC(=S)S/C1=C/c1ccc(-c2ccccc2Br)o1. The predicted molar refractivity (Wildman–Crippen MR) is 88.2 cm³/mol. The molecule has 3 rings (SSSR count). The van der Waals surface area contributed by atoms with Crippen LogP contribution in [0.4, 0.5) is 0 Å². The molecule has 1 aliphatic heterocycles. The topological polar surface area (TPSA) is 42.2 Å². The van der Waals surface area contributed by atoms with Gasteiger partial charge in [-0.3, -0.25) is 4.79 Å². The molecule has 0 aliphatic carbocycles. The fourth-order valence-electron chi connectivity index (χ4n) is 1.79. The molecule has 1 fully saturated rings. The summed E-state index contributed by atoms with van der Waals surface area (Å²) in [4.78, 5) is 12.1. The second-order valence-corrected chi connectivity index (χ2v) is 6.61. The first-order valence-corrected chi connectivity index (χ1v) is 7.75. The maximum absolute atomic E-state index is 11.6. The Hall–Kier alpha value is -1.37. The summed E-state index contributed by atoms with van der Waals surface area (Å²) < 4.78 is 7.19. The molecular formula is C14H8BrNO2S2. The van der Waals surface area contributed by atoms with Crippen LogP contribution in [0.25, 0.3) is 17.4 Å². The minimum absolute atomic E-state index is 0.182. The minimum atomic E-state index is -0.182. The zero-order valence-corrected chi connectivity index (χ0v) is 13.3. The summed E-state index contributed by atoms with van der Waals surface area (Å²) in [5.74, 6) is 1.19. The van der Waals surface area contributed by atoms with Gasteiger partial charge in [0.15, 0.2) is 0 Å². The van der Waals surface area contributed by atoms with Gasteiger partial charge < -0.3 is 9.73 Å². The smallest absolute Gasteiger partial charge is 0.263 e. The van der Waals surface area contributed by atoms with Gasteiger partial charge in [0, 0.05) is 16.1 Å². The lowest BCUT2D eigenvalue weighted by Gasteiger charge is -1.99. The average Bonchev–Trinajstić information content (AvgIpc) is 2.98. The second kappa shape index (κ2) is 5.55. The van der Waals surface area contributed by atoms with Crippen LogP contribution in [-0.2, 0) is 4.79 Å². The van der Waals surface area contributed by atoms with Gasteiger partial charge in [-0.1, -0.05) is 58.1 Å². The first kappa shape index (κ1) is 13.6. The van der Waals surface area contributed by atoms with E-state index in [9.17, 15) is 4.79 Å². The fraction of sp³-hybridized carbons (Fsp3) is 0. The fourth-order valence-corrected chi connectivity index (χ4v) is 3.29. The van der Waals surface area contributed by atoms with Crippen molar-refractivity contribution >= 4 is 56.2 Å². The molecule has 3 nitrogen and oxygen atoms in total. The standard InChI is InChI=1S/C14H8BrNO2S2/c15-10-4-2-1-3-9(10)11-6-5-8(18-11)7-12-13(17)16-14(19)20-12/h1-7H,(H,16,17,19)/b12-7+. The van der Waals surface area contributed by atoms with Gasteiger partial charge in [-0.2, -0.15) is 0 Å². The van der Waals surface area contributed by atoms with E-state index < -0.39 is 0 Å². The lowest BCUT2D eigenvalue weighted by atomic mass is 10.2. The highest BCUT2D eigenvalue weighted by molar-refractivity contribution is 9.10. The molecule has 1 aromatic heterocycles. The monoisotopic (exact) mass is 365 g/mol. The van der Waals surface area contributed by atoms with Crippen LogP contribution >= 0.6 is 39.9 Å².